The number of rotatable bonds is 1. The van der Waals surface area contributed by atoms with E-state index in [1.807, 2.05) is 0 Å². The lowest BCUT2D eigenvalue weighted by atomic mass is 10.1. The molecule has 3 saturated heterocycles. The fourth-order valence-corrected chi connectivity index (χ4v) is 2.69. The average molecular weight is 301 g/mol. The van der Waals surface area contributed by atoms with Gasteiger partial charge < -0.3 is 10.1 Å². The van der Waals surface area contributed by atoms with Crippen molar-refractivity contribution >= 4 is 15.9 Å². The van der Waals surface area contributed by atoms with E-state index in [-0.39, 0.29) is 22.0 Å². The van der Waals surface area contributed by atoms with E-state index in [1.54, 1.807) is 0 Å². The van der Waals surface area contributed by atoms with Gasteiger partial charge in [0.1, 0.15) is 10.3 Å². The van der Waals surface area contributed by atoms with Crippen LogP contribution in [0.5, 0.6) is 5.88 Å². The largest absolute Gasteiger partial charge is 0.492 e. The van der Waals surface area contributed by atoms with E-state index in [0.29, 0.717) is 5.82 Å². The predicted molar refractivity (Wildman–Crippen MR) is 65.0 cm³/mol. The van der Waals surface area contributed by atoms with Crippen molar-refractivity contribution in [3.8, 4) is 5.88 Å². The SMILES string of the molecule is O=c1[nH]c(C2CN3CCN2CC3)nc(O)c1Br. The molecular formula is C10H13BrN4O2. The van der Waals surface area contributed by atoms with Crippen molar-refractivity contribution in [3.63, 3.8) is 0 Å². The molecule has 0 aliphatic carbocycles. The molecule has 1 unspecified atom stereocenters. The van der Waals surface area contributed by atoms with Crippen LogP contribution in [0.2, 0.25) is 0 Å². The average Bonchev–Trinajstić information content (AvgIpc) is 2.36. The Bertz CT molecular complexity index is 496. The Balaban J connectivity index is 1.97. The lowest BCUT2D eigenvalue weighted by Crippen LogP contribution is -2.57. The summed E-state index contributed by atoms with van der Waals surface area (Å²) in [5.41, 5.74) is -0.329. The van der Waals surface area contributed by atoms with Crippen molar-refractivity contribution in [1.82, 2.24) is 19.8 Å². The highest BCUT2D eigenvalue weighted by Gasteiger charge is 2.34. The summed E-state index contributed by atoms with van der Waals surface area (Å²) in [4.78, 5) is 23.0. The number of hydrogen-bond acceptors (Lipinski definition) is 5. The zero-order chi connectivity index (χ0) is 12.0. The first-order valence-electron chi connectivity index (χ1n) is 5.60. The summed E-state index contributed by atoms with van der Waals surface area (Å²) in [5.74, 6) is 0.321. The number of aromatic hydroxyl groups is 1. The molecule has 0 radical (unpaired) electrons. The van der Waals surface area contributed by atoms with Crippen LogP contribution in [0.3, 0.4) is 0 Å². The van der Waals surface area contributed by atoms with Crippen LogP contribution >= 0.6 is 15.9 Å². The molecule has 0 aromatic carbocycles. The van der Waals surface area contributed by atoms with Crippen LogP contribution in [-0.2, 0) is 0 Å². The minimum atomic E-state index is -0.329. The normalized spacial score (nSPS) is 31.7. The third kappa shape index (κ3) is 1.88. The second kappa shape index (κ2) is 4.08. The quantitative estimate of drug-likeness (QED) is 0.758. The standard InChI is InChI=1S/C10H13BrN4O2/c11-7-9(16)12-8(13-10(7)17)6-5-14-1-3-15(6)4-2-14/h6H,1-5H2,(H2,12,13,16,17). The summed E-state index contributed by atoms with van der Waals surface area (Å²) in [6.45, 7) is 4.99. The smallest absolute Gasteiger partial charge is 0.269 e. The van der Waals surface area contributed by atoms with Gasteiger partial charge in [-0.05, 0) is 15.9 Å². The molecule has 7 heteroatoms. The van der Waals surface area contributed by atoms with Gasteiger partial charge in [0.05, 0.1) is 6.04 Å². The molecule has 3 fully saturated rings. The molecule has 3 aliphatic rings. The molecule has 4 rings (SSSR count). The molecular weight excluding hydrogens is 288 g/mol. The van der Waals surface area contributed by atoms with Crippen LogP contribution in [0.15, 0.2) is 9.27 Å². The van der Waals surface area contributed by atoms with Crippen molar-refractivity contribution < 1.29 is 5.11 Å². The minimum Gasteiger partial charge on any atom is -0.492 e. The van der Waals surface area contributed by atoms with Gasteiger partial charge in [0.2, 0.25) is 5.88 Å². The number of nitrogens with zero attached hydrogens (tertiary/aromatic N) is 3. The molecule has 1 aromatic heterocycles. The fraction of sp³-hybridized carbons (Fsp3) is 0.600. The Hall–Kier alpha value is -0.920. The summed E-state index contributed by atoms with van der Waals surface area (Å²) < 4.78 is 0.0949. The molecule has 2 bridgehead atoms. The van der Waals surface area contributed by atoms with Crippen LogP contribution in [0.25, 0.3) is 0 Å². The molecule has 2 N–H and O–H groups in total. The third-order valence-electron chi connectivity index (χ3n) is 3.46. The van der Waals surface area contributed by atoms with Crippen LogP contribution in [0, 0.1) is 0 Å². The molecule has 17 heavy (non-hydrogen) atoms. The van der Waals surface area contributed by atoms with Crippen molar-refractivity contribution in [3.05, 3.63) is 20.7 Å². The van der Waals surface area contributed by atoms with E-state index >= 15 is 0 Å². The number of H-pyrrole nitrogens is 1. The maximum absolute atomic E-state index is 11.6. The summed E-state index contributed by atoms with van der Waals surface area (Å²) in [6.07, 6.45) is 0. The van der Waals surface area contributed by atoms with Gasteiger partial charge in [-0.15, -0.1) is 0 Å². The number of fused-ring (bicyclic) bond motifs is 3. The lowest BCUT2D eigenvalue weighted by molar-refractivity contribution is 0.00830. The van der Waals surface area contributed by atoms with Crippen LogP contribution in [-0.4, -0.2) is 57.6 Å². The van der Waals surface area contributed by atoms with Crippen molar-refractivity contribution in [2.75, 3.05) is 32.7 Å². The first-order valence-corrected chi connectivity index (χ1v) is 6.39. The van der Waals surface area contributed by atoms with Crippen molar-refractivity contribution in [2.24, 2.45) is 0 Å². The third-order valence-corrected chi connectivity index (χ3v) is 4.17. The topological polar surface area (TPSA) is 72.5 Å². The highest BCUT2D eigenvalue weighted by molar-refractivity contribution is 9.10. The summed E-state index contributed by atoms with van der Waals surface area (Å²) in [6, 6.07) is 0.0872. The Kier molecular flexibility index (Phi) is 2.68. The van der Waals surface area contributed by atoms with Gasteiger partial charge in [-0.2, -0.15) is 4.98 Å². The number of aromatic amines is 1. The summed E-state index contributed by atoms with van der Waals surface area (Å²) in [7, 11) is 0. The molecule has 92 valence electrons. The molecule has 1 atom stereocenters. The van der Waals surface area contributed by atoms with Crippen LogP contribution in [0.1, 0.15) is 11.9 Å². The zero-order valence-corrected chi connectivity index (χ0v) is 10.8. The zero-order valence-electron chi connectivity index (χ0n) is 9.19. The van der Waals surface area contributed by atoms with E-state index in [9.17, 15) is 9.90 Å². The molecule has 0 saturated carbocycles. The maximum Gasteiger partial charge on any atom is 0.269 e. The number of aromatic nitrogens is 2. The van der Waals surface area contributed by atoms with Gasteiger partial charge in [-0.3, -0.25) is 14.6 Å². The summed E-state index contributed by atoms with van der Waals surface area (Å²) >= 11 is 3.00. The Labute approximate surface area is 106 Å². The maximum atomic E-state index is 11.6. The van der Waals surface area contributed by atoms with Gasteiger partial charge in [0.15, 0.2) is 0 Å². The number of nitrogens with one attached hydrogen (secondary N) is 1. The van der Waals surface area contributed by atoms with Crippen molar-refractivity contribution in [2.45, 2.75) is 6.04 Å². The first kappa shape index (κ1) is 11.2. The molecule has 0 spiro atoms. The van der Waals surface area contributed by atoms with Crippen LogP contribution in [0.4, 0.5) is 0 Å². The minimum absolute atomic E-state index is 0.0872. The monoisotopic (exact) mass is 300 g/mol. The Morgan fingerprint density at radius 3 is 2.59 bits per heavy atom. The molecule has 0 amide bonds. The first-order chi connectivity index (χ1) is 8.15. The van der Waals surface area contributed by atoms with Crippen molar-refractivity contribution in [1.29, 1.82) is 0 Å². The highest BCUT2D eigenvalue weighted by Crippen LogP contribution is 2.27. The molecule has 4 heterocycles. The van der Waals surface area contributed by atoms with Gasteiger partial charge in [-0.1, -0.05) is 0 Å². The molecule has 6 nitrogen and oxygen atoms in total. The van der Waals surface area contributed by atoms with E-state index in [0.717, 1.165) is 32.7 Å². The second-order valence-corrected chi connectivity index (χ2v) is 5.23. The van der Waals surface area contributed by atoms with Gasteiger partial charge >= 0.3 is 0 Å². The van der Waals surface area contributed by atoms with E-state index < -0.39 is 0 Å². The second-order valence-electron chi connectivity index (χ2n) is 4.44. The van der Waals surface area contributed by atoms with Gasteiger partial charge in [0.25, 0.3) is 5.56 Å². The Morgan fingerprint density at radius 1 is 1.35 bits per heavy atom. The molecule has 3 aliphatic heterocycles. The predicted octanol–water partition coefficient (Wildman–Crippen LogP) is -0.0897. The lowest BCUT2D eigenvalue weighted by Gasteiger charge is -2.46. The van der Waals surface area contributed by atoms with Gasteiger partial charge in [-0.25, -0.2) is 0 Å². The van der Waals surface area contributed by atoms with Crippen LogP contribution < -0.4 is 5.56 Å². The fourth-order valence-electron chi connectivity index (χ4n) is 2.50. The summed E-state index contributed by atoms with van der Waals surface area (Å²) in [5, 5.41) is 9.57. The van der Waals surface area contributed by atoms with E-state index in [1.165, 1.54) is 0 Å². The molecule has 1 aromatic rings. The number of hydrogen-bond donors (Lipinski definition) is 2. The highest BCUT2D eigenvalue weighted by atomic mass is 79.9. The van der Waals surface area contributed by atoms with E-state index in [2.05, 4.69) is 35.7 Å². The number of halogens is 1. The van der Waals surface area contributed by atoms with Gasteiger partial charge in [0, 0.05) is 32.7 Å². The number of piperazine rings is 3. The van der Waals surface area contributed by atoms with E-state index in [4.69, 9.17) is 0 Å². The Morgan fingerprint density at radius 2 is 2.06 bits per heavy atom.